The van der Waals surface area contributed by atoms with Crippen LogP contribution >= 0.6 is 38.6 Å². The lowest BCUT2D eigenvalue weighted by molar-refractivity contribution is -0.0256. The largest absolute Gasteiger partial charge is 0.496 e. The highest BCUT2D eigenvalue weighted by atomic mass is 79.9. The van der Waals surface area contributed by atoms with Gasteiger partial charge in [-0.25, -0.2) is 9.97 Å². The Morgan fingerprint density at radius 3 is 1.29 bits per heavy atom. The molecule has 7 heterocycles. The Balaban J connectivity index is 0.000000144. The Kier molecular flexibility index (Phi) is 12.7. The molecule has 5 aliphatic rings. The highest BCUT2D eigenvalue weighted by molar-refractivity contribution is 9.10. The van der Waals surface area contributed by atoms with Crippen LogP contribution in [0.25, 0.3) is 21.1 Å². The predicted octanol–water partition coefficient (Wildman–Crippen LogP) is 10.6. The predicted molar refractivity (Wildman–Crippen MR) is 240 cm³/mol. The summed E-state index contributed by atoms with van der Waals surface area (Å²) in [6.45, 7) is 24.2. The summed E-state index contributed by atoms with van der Waals surface area (Å²) in [4.78, 5) is 18.1. The number of hydrogen-bond acceptors (Lipinski definition) is 12. The Morgan fingerprint density at radius 1 is 0.532 bits per heavy atom. The number of hydrogen-bond donors (Lipinski definition) is 0. The van der Waals surface area contributed by atoms with E-state index < -0.39 is 44.2 Å². The summed E-state index contributed by atoms with van der Waals surface area (Å²) in [5, 5.41) is 1.19. The van der Waals surface area contributed by atoms with Crippen LogP contribution in [0.3, 0.4) is 0 Å². The van der Waals surface area contributed by atoms with Crippen LogP contribution in [-0.4, -0.2) is 74.7 Å². The molecule has 10 nitrogen and oxygen atoms in total. The first-order chi connectivity index (χ1) is 28.5. The van der Waals surface area contributed by atoms with E-state index in [2.05, 4.69) is 35.9 Å². The summed E-state index contributed by atoms with van der Waals surface area (Å²) in [6, 6.07) is 3.72. The minimum atomic E-state index is -2.83. The molecule has 9 rings (SSSR count). The summed E-state index contributed by atoms with van der Waals surface area (Å²) in [6.07, 6.45) is 8.79. The lowest BCUT2D eigenvalue weighted by Crippen LogP contribution is -2.41. The van der Waals surface area contributed by atoms with Gasteiger partial charge in [0, 0.05) is 68.4 Å². The van der Waals surface area contributed by atoms with Gasteiger partial charge in [-0.1, -0.05) is 0 Å². The number of rotatable bonds is 4. The number of aromatic nitrogens is 4. The van der Waals surface area contributed by atoms with Crippen LogP contribution in [0.15, 0.2) is 41.4 Å². The van der Waals surface area contributed by atoms with Crippen molar-refractivity contribution in [1.29, 1.82) is 0 Å². The number of pyridine rings is 2. The molecule has 4 aromatic heterocycles. The lowest BCUT2D eigenvalue weighted by Gasteiger charge is -2.32. The molecule has 0 bridgehead atoms. The van der Waals surface area contributed by atoms with Crippen molar-refractivity contribution in [2.75, 3.05) is 0 Å². The summed E-state index contributed by atoms with van der Waals surface area (Å²) in [7, 11) is -1.49. The first-order valence-electron chi connectivity index (χ1n) is 20.9. The SMILES string of the molecule is CC1(C)OB(B2OC(C)(C)C(C)(C)O2)OC1(C)C.CC1(C)OB(c2cncc(-c3nc4c(s3)CCCC4(F)F)c2)OC1(C)C.FC1(F)CCCc2sc(-c3cncc(Br)c3)nc21. The molecule has 0 atom stereocenters. The number of halogens is 5. The monoisotopic (exact) mass is 962 g/mol. The Hall–Kier alpha value is -2.29. The minimum Gasteiger partial charge on any atom is -0.405 e. The van der Waals surface area contributed by atoms with Crippen molar-refractivity contribution in [2.24, 2.45) is 0 Å². The van der Waals surface area contributed by atoms with Gasteiger partial charge in [-0.05, 0) is 137 Å². The van der Waals surface area contributed by atoms with Crippen LogP contribution in [0.5, 0.6) is 0 Å². The number of alkyl halides is 4. The molecule has 0 amide bonds. The van der Waals surface area contributed by atoms with E-state index in [0.29, 0.717) is 51.0 Å². The highest BCUT2D eigenvalue weighted by Gasteiger charge is 2.64. The van der Waals surface area contributed by atoms with Gasteiger partial charge in [-0.2, -0.15) is 17.6 Å². The zero-order chi connectivity index (χ0) is 45.5. The molecule has 0 unspecified atom stereocenters. The van der Waals surface area contributed by atoms with Crippen LogP contribution in [-0.2, 0) is 52.6 Å². The summed E-state index contributed by atoms with van der Waals surface area (Å²) < 4.78 is 92.5. The summed E-state index contributed by atoms with van der Waals surface area (Å²) >= 11 is 6.00. The molecule has 0 N–H and O–H groups in total. The van der Waals surface area contributed by atoms with Crippen molar-refractivity contribution >= 4 is 65.2 Å². The molecule has 3 saturated heterocycles. The number of thiazole rings is 2. The van der Waals surface area contributed by atoms with Gasteiger partial charge in [0.05, 0.1) is 33.6 Å². The average molecular weight is 963 g/mol. The Morgan fingerprint density at radius 2 is 0.903 bits per heavy atom. The minimum absolute atomic E-state index is 0.0336. The summed E-state index contributed by atoms with van der Waals surface area (Å²) in [5.41, 5.74) is -0.177. The maximum absolute atomic E-state index is 14.1. The average Bonchev–Trinajstić information content (AvgIpc) is 3.93. The molecule has 0 aromatic carbocycles. The molecule has 3 fully saturated rings. The van der Waals surface area contributed by atoms with Crippen LogP contribution in [0.1, 0.15) is 130 Å². The molecule has 334 valence electrons. The van der Waals surface area contributed by atoms with Crippen LogP contribution in [0.4, 0.5) is 17.6 Å². The van der Waals surface area contributed by atoms with Crippen molar-refractivity contribution in [3.63, 3.8) is 0 Å². The maximum atomic E-state index is 14.1. The number of fused-ring (bicyclic) bond motifs is 2. The van der Waals surface area contributed by atoms with E-state index in [-0.39, 0.29) is 46.6 Å². The Labute approximate surface area is 379 Å². The first kappa shape index (κ1) is 47.7. The van der Waals surface area contributed by atoms with E-state index >= 15 is 0 Å². The zero-order valence-corrected chi connectivity index (χ0v) is 40.6. The topological polar surface area (TPSA) is 107 Å². The van der Waals surface area contributed by atoms with E-state index in [0.717, 1.165) is 15.5 Å². The van der Waals surface area contributed by atoms with Gasteiger partial charge >= 0.3 is 21.1 Å². The molecule has 0 saturated carbocycles. The normalized spacial score (nSPS) is 24.0. The van der Waals surface area contributed by atoms with E-state index in [1.165, 1.54) is 22.7 Å². The van der Waals surface area contributed by atoms with E-state index in [9.17, 15) is 17.6 Å². The van der Waals surface area contributed by atoms with Gasteiger partial charge in [0.15, 0.2) is 0 Å². The standard InChI is InChI=1S/C18H21BF2N2O2S.C12H24B2O4.C12H9BrF2N2S/c1-16(2)17(3,4)25-19(24-16)12-8-11(9-22-10-12)15-23-14-13(26-15)6-5-7-18(14,20)21;1-9(2)10(3,4)16-13(15-9)14-17-11(5,6)12(7,8)18-14;13-8-4-7(5-16-6-8)11-17-10-9(18-11)2-1-3-12(10,14)15/h8-10H,5-7H2,1-4H3;1-8H3;4-6H,1-3H2. The third-order valence-corrected chi connectivity index (χ3v) is 15.9. The third kappa shape index (κ3) is 9.38. The van der Waals surface area contributed by atoms with Crippen molar-refractivity contribution in [3.8, 4) is 21.1 Å². The highest BCUT2D eigenvalue weighted by Crippen LogP contribution is 2.46. The molecule has 0 radical (unpaired) electrons. The van der Waals surface area contributed by atoms with Gasteiger partial charge in [0.2, 0.25) is 0 Å². The fourth-order valence-electron chi connectivity index (χ4n) is 7.25. The quantitative estimate of drug-likeness (QED) is 0.145. The fraction of sp³-hybridized carbons (Fsp3) is 0.619. The van der Waals surface area contributed by atoms with Gasteiger partial charge in [0.25, 0.3) is 11.8 Å². The van der Waals surface area contributed by atoms with E-state index in [4.69, 9.17) is 27.9 Å². The fourth-order valence-corrected chi connectivity index (χ4v) is 9.89. The van der Waals surface area contributed by atoms with Crippen LogP contribution < -0.4 is 5.46 Å². The van der Waals surface area contributed by atoms with Crippen molar-refractivity contribution < 1.29 is 45.5 Å². The summed E-state index contributed by atoms with van der Waals surface area (Å²) in [5.74, 6) is -5.61. The van der Waals surface area contributed by atoms with Gasteiger partial charge in [0.1, 0.15) is 21.4 Å². The molecule has 2 aliphatic carbocycles. The second kappa shape index (κ2) is 16.5. The molecular weight excluding hydrogens is 909 g/mol. The van der Waals surface area contributed by atoms with E-state index in [1.807, 2.05) is 95.2 Å². The van der Waals surface area contributed by atoms with Crippen LogP contribution in [0, 0.1) is 0 Å². The molecule has 0 spiro atoms. The molecule has 62 heavy (non-hydrogen) atoms. The smallest absolute Gasteiger partial charge is 0.405 e. The second-order valence-corrected chi connectivity index (χ2v) is 22.5. The van der Waals surface area contributed by atoms with Crippen molar-refractivity contribution in [1.82, 2.24) is 19.9 Å². The van der Waals surface area contributed by atoms with Crippen LogP contribution in [0.2, 0.25) is 0 Å². The molecular formula is C42H54B3BrF4N4O6S2. The molecule has 3 aliphatic heterocycles. The number of aryl methyl sites for hydroxylation is 2. The third-order valence-electron chi connectivity index (χ3n) is 13.1. The zero-order valence-electron chi connectivity index (χ0n) is 37.4. The van der Waals surface area contributed by atoms with Gasteiger partial charge in [-0.3, -0.25) is 9.97 Å². The first-order valence-corrected chi connectivity index (χ1v) is 23.3. The Bertz CT molecular complexity index is 2210. The number of nitrogens with zero attached hydrogens (tertiary/aromatic N) is 4. The molecule has 20 heteroatoms. The van der Waals surface area contributed by atoms with Crippen molar-refractivity contribution in [2.45, 2.75) is 167 Å². The lowest BCUT2D eigenvalue weighted by atomic mass is 9.49. The molecule has 4 aromatic rings. The maximum Gasteiger partial charge on any atom is 0.496 e. The van der Waals surface area contributed by atoms with Crippen molar-refractivity contribution in [3.05, 3.63) is 62.5 Å². The van der Waals surface area contributed by atoms with E-state index in [1.54, 1.807) is 24.8 Å². The van der Waals surface area contributed by atoms with Gasteiger partial charge in [-0.15, -0.1) is 22.7 Å². The second-order valence-electron chi connectivity index (χ2n) is 19.4. The van der Waals surface area contributed by atoms with Gasteiger partial charge < -0.3 is 27.9 Å².